The molecule has 2 amide bonds. The van der Waals surface area contributed by atoms with Crippen LogP contribution in [0.5, 0.6) is 0 Å². The zero-order chi connectivity index (χ0) is 19.1. The van der Waals surface area contributed by atoms with E-state index < -0.39 is 0 Å². The average molecular weight is 418 g/mol. The van der Waals surface area contributed by atoms with Crippen molar-refractivity contribution in [3.8, 4) is 0 Å². The maximum absolute atomic E-state index is 13.1. The lowest BCUT2D eigenvalue weighted by atomic mass is 9.49. The number of carbonyl (C=O) groups excluding carboxylic acids is 2. The molecular weight excluding hydrogens is 386 g/mol. The van der Waals surface area contributed by atoms with Gasteiger partial charge in [-0.15, -0.1) is 12.4 Å². The minimum atomic E-state index is -0.0934. The van der Waals surface area contributed by atoms with Crippen LogP contribution in [0.3, 0.4) is 0 Å². The highest BCUT2D eigenvalue weighted by atomic mass is 35.5. The van der Waals surface area contributed by atoms with Gasteiger partial charge < -0.3 is 16.0 Å². The summed E-state index contributed by atoms with van der Waals surface area (Å²) in [7, 11) is 0. The fourth-order valence-corrected chi connectivity index (χ4v) is 6.58. The Morgan fingerprint density at radius 2 is 1.62 bits per heavy atom. The van der Waals surface area contributed by atoms with Crippen molar-refractivity contribution in [1.29, 1.82) is 0 Å². The molecule has 1 aliphatic heterocycles. The van der Waals surface area contributed by atoms with Crippen LogP contribution >= 0.6 is 12.4 Å². The highest BCUT2D eigenvalue weighted by Gasteiger charge is 2.54. The molecule has 4 aliphatic carbocycles. The van der Waals surface area contributed by atoms with Crippen LogP contribution in [0.2, 0.25) is 0 Å². The molecule has 4 bridgehead atoms. The molecule has 6 heteroatoms. The molecule has 4 saturated carbocycles. The normalized spacial score (nSPS) is 34.5. The fourth-order valence-electron chi connectivity index (χ4n) is 6.58. The summed E-state index contributed by atoms with van der Waals surface area (Å²) in [4.78, 5) is 25.4. The molecule has 1 saturated heterocycles. The van der Waals surface area contributed by atoms with Crippen LogP contribution < -0.4 is 16.0 Å². The van der Waals surface area contributed by atoms with Crippen molar-refractivity contribution < 1.29 is 9.59 Å². The van der Waals surface area contributed by atoms with E-state index in [4.69, 9.17) is 0 Å². The van der Waals surface area contributed by atoms with E-state index in [0.717, 1.165) is 62.1 Å². The van der Waals surface area contributed by atoms with Crippen LogP contribution in [0.4, 0.5) is 0 Å². The zero-order valence-corrected chi connectivity index (χ0v) is 17.7. The van der Waals surface area contributed by atoms with Gasteiger partial charge in [-0.25, -0.2) is 0 Å². The van der Waals surface area contributed by atoms with Crippen LogP contribution in [-0.4, -0.2) is 30.9 Å². The van der Waals surface area contributed by atoms with Gasteiger partial charge in [0, 0.05) is 30.1 Å². The topological polar surface area (TPSA) is 70.2 Å². The van der Waals surface area contributed by atoms with Crippen molar-refractivity contribution in [3.05, 3.63) is 35.4 Å². The van der Waals surface area contributed by atoms with Gasteiger partial charge in [0.15, 0.2) is 0 Å². The number of hydrogen-bond donors (Lipinski definition) is 3. The van der Waals surface area contributed by atoms with Crippen LogP contribution in [0.25, 0.3) is 0 Å². The van der Waals surface area contributed by atoms with E-state index in [9.17, 15) is 9.59 Å². The fraction of sp³-hybridized carbons (Fsp3) is 0.652. The quantitative estimate of drug-likeness (QED) is 0.689. The third-order valence-corrected chi connectivity index (χ3v) is 7.58. The average Bonchev–Trinajstić information content (AvgIpc) is 3.18. The van der Waals surface area contributed by atoms with E-state index in [1.165, 1.54) is 19.3 Å². The van der Waals surface area contributed by atoms with Crippen molar-refractivity contribution in [2.75, 3.05) is 13.1 Å². The summed E-state index contributed by atoms with van der Waals surface area (Å²) in [6, 6.07) is 7.88. The van der Waals surface area contributed by atoms with Gasteiger partial charge in [0.05, 0.1) is 0 Å². The Morgan fingerprint density at radius 1 is 1.00 bits per heavy atom. The molecule has 1 heterocycles. The van der Waals surface area contributed by atoms with Gasteiger partial charge in [0.2, 0.25) is 5.91 Å². The third-order valence-electron chi connectivity index (χ3n) is 7.58. The maximum atomic E-state index is 13.1. The molecule has 1 aromatic rings. The minimum Gasteiger partial charge on any atom is -0.352 e. The molecule has 1 aromatic carbocycles. The van der Waals surface area contributed by atoms with Gasteiger partial charge in [-0.1, -0.05) is 12.1 Å². The summed E-state index contributed by atoms with van der Waals surface area (Å²) in [5.74, 6) is 2.60. The molecule has 1 unspecified atom stereocenters. The molecular formula is C23H32ClN3O2. The Balaban J connectivity index is 0.00000205. The standard InChI is InChI=1S/C23H31N3O2.ClH/c27-21(26-20-5-6-24-14-20)19-3-1-15(2-4-19)13-25-22(28)23-10-16-7-17(11-23)9-18(8-16)12-23;/h1-4,16-18,20,24H,5-14H2,(H,25,28)(H,26,27);1H. The number of benzene rings is 1. The summed E-state index contributed by atoms with van der Waals surface area (Å²) >= 11 is 0. The van der Waals surface area contributed by atoms with Crippen molar-refractivity contribution in [3.63, 3.8) is 0 Å². The molecule has 1 atom stereocenters. The molecule has 0 radical (unpaired) electrons. The van der Waals surface area contributed by atoms with E-state index in [-0.39, 0.29) is 35.7 Å². The molecule has 3 N–H and O–H groups in total. The van der Waals surface area contributed by atoms with Crippen molar-refractivity contribution >= 4 is 24.2 Å². The van der Waals surface area contributed by atoms with Crippen LogP contribution in [0.15, 0.2) is 24.3 Å². The number of carbonyl (C=O) groups is 2. The second-order valence-corrected chi connectivity index (χ2v) is 9.74. The maximum Gasteiger partial charge on any atom is 0.251 e. The van der Waals surface area contributed by atoms with Gasteiger partial charge in [-0.2, -0.15) is 0 Å². The van der Waals surface area contributed by atoms with Crippen molar-refractivity contribution in [2.24, 2.45) is 23.2 Å². The highest BCUT2D eigenvalue weighted by Crippen LogP contribution is 2.60. The number of rotatable bonds is 5. The van der Waals surface area contributed by atoms with E-state index >= 15 is 0 Å². The lowest BCUT2D eigenvalue weighted by molar-refractivity contribution is -0.146. The number of nitrogens with one attached hydrogen (secondary N) is 3. The molecule has 0 spiro atoms. The summed E-state index contributed by atoms with van der Waals surface area (Å²) in [6.45, 7) is 2.36. The number of amides is 2. The van der Waals surface area contributed by atoms with Gasteiger partial charge in [0.1, 0.15) is 0 Å². The third kappa shape index (κ3) is 4.17. The Kier molecular flexibility index (Phi) is 5.90. The Bertz CT molecular complexity index is 723. The minimum absolute atomic E-state index is 0. The van der Waals surface area contributed by atoms with Gasteiger partial charge in [-0.05, 0) is 86.9 Å². The lowest BCUT2D eigenvalue weighted by Gasteiger charge is -2.55. The second kappa shape index (κ2) is 8.27. The molecule has 5 aliphatic rings. The first-order valence-electron chi connectivity index (χ1n) is 11.0. The van der Waals surface area contributed by atoms with E-state index in [2.05, 4.69) is 16.0 Å². The number of hydrogen-bond acceptors (Lipinski definition) is 3. The molecule has 0 aromatic heterocycles. The summed E-state index contributed by atoms with van der Waals surface area (Å²) < 4.78 is 0. The van der Waals surface area contributed by atoms with Crippen LogP contribution in [-0.2, 0) is 11.3 Å². The van der Waals surface area contributed by atoms with Gasteiger partial charge in [-0.3, -0.25) is 9.59 Å². The van der Waals surface area contributed by atoms with Crippen LogP contribution in [0, 0.1) is 23.2 Å². The lowest BCUT2D eigenvalue weighted by Crippen LogP contribution is -2.53. The largest absolute Gasteiger partial charge is 0.352 e. The van der Waals surface area contributed by atoms with Gasteiger partial charge in [0.25, 0.3) is 5.91 Å². The summed E-state index contributed by atoms with van der Waals surface area (Å²) in [6.07, 6.45) is 8.34. The summed E-state index contributed by atoms with van der Waals surface area (Å²) in [5, 5.41) is 9.54. The van der Waals surface area contributed by atoms with E-state index in [0.29, 0.717) is 12.1 Å². The predicted octanol–water partition coefficient (Wildman–Crippen LogP) is 3.03. The van der Waals surface area contributed by atoms with Crippen LogP contribution in [0.1, 0.15) is 60.9 Å². The predicted molar refractivity (Wildman–Crippen MR) is 115 cm³/mol. The first-order valence-corrected chi connectivity index (χ1v) is 11.0. The Labute approximate surface area is 179 Å². The van der Waals surface area contributed by atoms with Crippen molar-refractivity contribution in [2.45, 2.75) is 57.5 Å². The van der Waals surface area contributed by atoms with Crippen molar-refractivity contribution in [1.82, 2.24) is 16.0 Å². The Morgan fingerprint density at radius 3 is 2.17 bits per heavy atom. The smallest absolute Gasteiger partial charge is 0.251 e. The molecule has 158 valence electrons. The monoisotopic (exact) mass is 417 g/mol. The first kappa shape index (κ1) is 20.7. The van der Waals surface area contributed by atoms with E-state index in [1.54, 1.807) is 0 Å². The SMILES string of the molecule is Cl.O=C(NC1CCNC1)c1ccc(CNC(=O)C23CC4CC(CC(C4)C2)C3)cc1. The first-order chi connectivity index (χ1) is 13.6. The molecule has 29 heavy (non-hydrogen) atoms. The van der Waals surface area contributed by atoms with E-state index in [1.807, 2.05) is 24.3 Å². The Hall–Kier alpha value is -1.59. The van der Waals surface area contributed by atoms with Gasteiger partial charge >= 0.3 is 0 Å². The highest BCUT2D eigenvalue weighted by molar-refractivity contribution is 5.94. The molecule has 5 fully saturated rings. The number of halogens is 1. The second-order valence-electron chi connectivity index (χ2n) is 9.74. The molecule has 6 rings (SSSR count). The summed E-state index contributed by atoms with van der Waals surface area (Å²) in [5.41, 5.74) is 1.64. The molecule has 5 nitrogen and oxygen atoms in total. The zero-order valence-electron chi connectivity index (χ0n) is 16.9.